The van der Waals surface area contributed by atoms with Crippen LogP contribution in [0.2, 0.25) is 10.0 Å². The maximum atomic E-state index is 6.19. The summed E-state index contributed by atoms with van der Waals surface area (Å²) in [6, 6.07) is 13.0. The van der Waals surface area contributed by atoms with E-state index >= 15 is 0 Å². The van der Waals surface area contributed by atoms with Gasteiger partial charge in [-0.2, -0.15) is 0 Å². The van der Waals surface area contributed by atoms with Crippen molar-refractivity contribution in [2.45, 2.75) is 5.33 Å². The minimum Gasteiger partial charge on any atom is -0.455 e. The van der Waals surface area contributed by atoms with Crippen molar-refractivity contribution >= 4 is 50.0 Å². The minimum absolute atomic E-state index is 0.651. The Balaban J connectivity index is 2.02. The largest absolute Gasteiger partial charge is 0.455 e. The lowest BCUT2D eigenvalue weighted by atomic mass is 10.2. The maximum absolute atomic E-state index is 6.19. The van der Waals surface area contributed by atoms with Gasteiger partial charge in [0.2, 0.25) is 0 Å². The zero-order valence-corrected chi connectivity index (χ0v) is 13.9. The van der Waals surface area contributed by atoms with Gasteiger partial charge in [-0.15, -0.1) is 0 Å². The molecule has 0 radical (unpaired) electrons. The number of aromatic nitrogens is 1. The van der Waals surface area contributed by atoms with Crippen molar-refractivity contribution < 1.29 is 4.74 Å². The van der Waals surface area contributed by atoms with E-state index < -0.39 is 0 Å². The van der Waals surface area contributed by atoms with Crippen molar-refractivity contribution in [3.05, 3.63) is 64.3 Å². The third-order valence-electron chi connectivity index (χ3n) is 3.08. The summed E-state index contributed by atoms with van der Waals surface area (Å²) in [5.74, 6) is 1.32. The molecule has 0 spiro atoms. The minimum atomic E-state index is 0.651. The summed E-state index contributed by atoms with van der Waals surface area (Å²) in [7, 11) is 0. The van der Waals surface area contributed by atoms with E-state index in [4.69, 9.17) is 27.9 Å². The number of nitrogens with zero attached hydrogens (tertiary/aromatic N) is 1. The Kier molecular flexibility index (Phi) is 4.34. The summed E-state index contributed by atoms with van der Waals surface area (Å²) in [5, 5.41) is 2.88. The predicted molar refractivity (Wildman–Crippen MR) is 90.9 cm³/mol. The van der Waals surface area contributed by atoms with Crippen molar-refractivity contribution in [3.63, 3.8) is 0 Å². The smallest absolute Gasteiger partial charge is 0.153 e. The SMILES string of the molecule is Clc1cc(Oc2ccc(Cl)c3cccnc23)ccc1CBr. The number of rotatable bonds is 3. The molecule has 0 bridgehead atoms. The molecule has 0 aliphatic rings. The van der Waals surface area contributed by atoms with E-state index in [1.54, 1.807) is 18.3 Å². The van der Waals surface area contributed by atoms with Gasteiger partial charge in [0.15, 0.2) is 5.75 Å². The fourth-order valence-electron chi connectivity index (χ4n) is 2.02. The molecule has 0 unspecified atom stereocenters. The number of alkyl halides is 1. The number of fused-ring (bicyclic) bond motifs is 1. The molecule has 3 rings (SSSR count). The molecule has 2 nitrogen and oxygen atoms in total. The quantitative estimate of drug-likeness (QED) is 0.501. The second-order valence-electron chi connectivity index (χ2n) is 4.43. The molecule has 0 aliphatic carbocycles. The van der Waals surface area contributed by atoms with Crippen molar-refractivity contribution in [1.29, 1.82) is 0 Å². The molecule has 0 aliphatic heterocycles. The zero-order chi connectivity index (χ0) is 14.8. The molecule has 0 atom stereocenters. The summed E-state index contributed by atoms with van der Waals surface area (Å²) < 4.78 is 5.91. The van der Waals surface area contributed by atoms with Crippen LogP contribution in [0.15, 0.2) is 48.7 Å². The number of ether oxygens (including phenoxy) is 1. The van der Waals surface area contributed by atoms with Gasteiger partial charge in [-0.25, -0.2) is 0 Å². The molecule has 0 saturated heterocycles. The van der Waals surface area contributed by atoms with E-state index in [1.807, 2.05) is 30.3 Å². The van der Waals surface area contributed by atoms with E-state index in [-0.39, 0.29) is 0 Å². The Morgan fingerprint density at radius 2 is 1.90 bits per heavy atom. The molecule has 0 fully saturated rings. The van der Waals surface area contributed by atoms with Crippen molar-refractivity contribution in [2.75, 3.05) is 0 Å². The fraction of sp³-hybridized carbons (Fsp3) is 0.0625. The summed E-state index contributed by atoms with van der Waals surface area (Å²) in [6.07, 6.45) is 1.71. The van der Waals surface area contributed by atoms with Crippen LogP contribution in [0.3, 0.4) is 0 Å². The normalized spacial score (nSPS) is 10.8. The molecule has 2 aromatic carbocycles. The number of pyridine rings is 1. The Labute approximate surface area is 140 Å². The van der Waals surface area contributed by atoms with Crippen LogP contribution in [-0.4, -0.2) is 4.98 Å². The van der Waals surface area contributed by atoms with Gasteiger partial charge in [0.05, 0.1) is 5.02 Å². The van der Waals surface area contributed by atoms with E-state index in [1.165, 1.54) is 0 Å². The number of halogens is 3. The second-order valence-corrected chi connectivity index (χ2v) is 5.81. The number of benzene rings is 2. The van der Waals surface area contributed by atoms with Gasteiger partial charge < -0.3 is 4.74 Å². The Bertz CT molecular complexity index is 807. The molecule has 0 N–H and O–H groups in total. The topological polar surface area (TPSA) is 22.1 Å². The molecule has 0 amide bonds. The molecular formula is C16H10BrCl2NO. The molecule has 0 saturated carbocycles. The van der Waals surface area contributed by atoms with E-state index in [9.17, 15) is 0 Å². The van der Waals surface area contributed by atoms with Crippen LogP contribution >= 0.6 is 39.1 Å². The predicted octanol–water partition coefficient (Wildman–Crippen LogP) is 6.23. The average Bonchev–Trinajstić information content (AvgIpc) is 2.51. The number of hydrogen-bond donors (Lipinski definition) is 0. The molecule has 3 aromatic rings. The molecule has 21 heavy (non-hydrogen) atoms. The Morgan fingerprint density at radius 3 is 2.67 bits per heavy atom. The molecule has 5 heteroatoms. The van der Waals surface area contributed by atoms with Crippen LogP contribution in [0, 0.1) is 0 Å². The standard InChI is InChI=1S/C16H10BrCl2NO/c17-9-10-3-4-11(8-14(10)19)21-15-6-5-13(18)12-2-1-7-20-16(12)15/h1-8H,9H2. The highest BCUT2D eigenvalue weighted by molar-refractivity contribution is 9.08. The maximum Gasteiger partial charge on any atom is 0.153 e. The molecular weight excluding hydrogens is 373 g/mol. The van der Waals surface area contributed by atoms with E-state index in [2.05, 4.69) is 20.9 Å². The van der Waals surface area contributed by atoms with Crippen LogP contribution in [0.5, 0.6) is 11.5 Å². The first-order valence-corrected chi connectivity index (χ1v) is 8.12. The first-order valence-electron chi connectivity index (χ1n) is 6.24. The Morgan fingerprint density at radius 1 is 1.05 bits per heavy atom. The van der Waals surface area contributed by atoms with Crippen molar-refractivity contribution in [3.8, 4) is 11.5 Å². The zero-order valence-electron chi connectivity index (χ0n) is 10.8. The summed E-state index contributed by atoms with van der Waals surface area (Å²) in [5.41, 5.74) is 1.74. The van der Waals surface area contributed by atoms with Crippen molar-refractivity contribution in [1.82, 2.24) is 4.98 Å². The van der Waals surface area contributed by atoms with Gasteiger partial charge in [0, 0.05) is 21.9 Å². The molecule has 1 heterocycles. The van der Waals surface area contributed by atoms with Gasteiger partial charge >= 0.3 is 0 Å². The fourth-order valence-corrected chi connectivity index (χ4v) is 3.12. The second kappa shape index (κ2) is 6.22. The van der Waals surface area contributed by atoms with Gasteiger partial charge in [0.25, 0.3) is 0 Å². The van der Waals surface area contributed by atoms with Crippen LogP contribution in [0.4, 0.5) is 0 Å². The van der Waals surface area contributed by atoms with Crippen LogP contribution in [0.25, 0.3) is 10.9 Å². The summed E-state index contributed by atoms with van der Waals surface area (Å²) >= 11 is 15.8. The van der Waals surface area contributed by atoms with E-state index in [0.29, 0.717) is 26.9 Å². The first-order chi connectivity index (χ1) is 10.2. The Hall–Kier alpha value is -1.29. The lowest BCUT2D eigenvalue weighted by Gasteiger charge is -2.10. The van der Waals surface area contributed by atoms with Gasteiger partial charge in [-0.3, -0.25) is 4.98 Å². The van der Waals surface area contributed by atoms with E-state index in [0.717, 1.165) is 16.5 Å². The van der Waals surface area contributed by atoms with Crippen LogP contribution < -0.4 is 4.74 Å². The molecule has 1 aromatic heterocycles. The first kappa shape index (κ1) is 14.6. The lowest BCUT2D eigenvalue weighted by Crippen LogP contribution is -1.89. The third-order valence-corrected chi connectivity index (χ3v) is 4.36. The van der Waals surface area contributed by atoms with Gasteiger partial charge in [-0.05, 0) is 42.0 Å². The summed E-state index contributed by atoms with van der Waals surface area (Å²) in [4.78, 5) is 4.34. The van der Waals surface area contributed by atoms with Gasteiger partial charge in [0.1, 0.15) is 11.3 Å². The highest BCUT2D eigenvalue weighted by Crippen LogP contribution is 2.34. The van der Waals surface area contributed by atoms with Crippen LogP contribution in [0.1, 0.15) is 5.56 Å². The third kappa shape index (κ3) is 3.00. The highest BCUT2D eigenvalue weighted by Gasteiger charge is 2.09. The highest BCUT2D eigenvalue weighted by atomic mass is 79.9. The lowest BCUT2D eigenvalue weighted by molar-refractivity contribution is 0.487. The summed E-state index contributed by atoms with van der Waals surface area (Å²) in [6.45, 7) is 0. The van der Waals surface area contributed by atoms with Gasteiger partial charge in [-0.1, -0.05) is 45.2 Å². The molecule has 106 valence electrons. The average molecular weight is 383 g/mol. The monoisotopic (exact) mass is 381 g/mol. The van der Waals surface area contributed by atoms with Crippen LogP contribution in [-0.2, 0) is 5.33 Å². The van der Waals surface area contributed by atoms with Crippen molar-refractivity contribution in [2.24, 2.45) is 0 Å². The number of hydrogen-bond acceptors (Lipinski definition) is 2.